The molecule has 4 nitrogen and oxygen atoms in total. The average molecular weight is 259 g/mol. The number of nitrogens with zero attached hydrogens (tertiary/aromatic N) is 1. The summed E-state index contributed by atoms with van der Waals surface area (Å²) >= 11 is 0. The van der Waals surface area contributed by atoms with Gasteiger partial charge < -0.3 is 15.8 Å². The lowest BCUT2D eigenvalue weighted by Gasteiger charge is -2.24. The summed E-state index contributed by atoms with van der Waals surface area (Å²) in [5.41, 5.74) is 7.67. The minimum atomic E-state index is 0.153. The van der Waals surface area contributed by atoms with Gasteiger partial charge >= 0.3 is 0 Å². The van der Waals surface area contributed by atoms with E-state index in [9.17, 15) is 5.26 Å². The molecule has 0 amide bonds. The zero-order chi connectivity index (χ0) is 13.7. The van der Waals surface area contributed by atoms with Crippen molar-refractivity contribution in [1.82, 2.24) is 0 Å². The maximum atomic E-state index is 9.17. The summed E-state index contributed by atoms with van der Waals surface area (Å²) in [6.45, 7) is 0. The number of ether oxygens (including phenoxy) is 1. The highest BCUT2D eigenvalue weighted by Crippen LogP contribution is 2.26. The predicted molar refractivity (Wildman–Crippen MR) is 76.2 cm³/mol. The molecule has 1 saturated carbocycles. The van der Waals surface area contributed by atoms with Crippen molar-refractivity contribution in [1.29, 1.82) is 5.26 Å². The van der Waals surface area contributed by atoms with Crippen LogP contribution in [0.5, 0.6) is 5.75 Å². The van der Waals surface area contributed by atoms with Gasteiger partial charge in [-0.05, 0) is 25.0 Å². The van der Waals surface area contributed by atoms with Crippen molar-refractivity contribution in [2.45, 2.75) is 44.2 Å². The summed E-state index contributed by atoms with van der Waals surface area (Å²) in [7, 11) is 1.63. The second-order valence-electron chi connectivity index (χ2n) is 5.08. The van der Waals surface area contributed by atoms with Gasteiger partial charge in [0.25, 0.3) is 0 Å². The number of hydrogen-bond acceptors (Lipinski definition) is 4. The topological polar surface area (TPSA) is 71.1 Å². The van der Waals surface area contributed by atoms with E-state index in [1.54, 1.807) is 19.2 Å². The molecule has 1 aliphatic rings. The first-order chi connectivity index (χ1) is 9.24. The van der Waals surface area contributed by atoms with E-state index < -0.39 is 0 Å². The van der Waals surface area contributed by atoms with Crippen LogP contribution in [0.25, 0.3) is 0 Å². The van der Waals surface area contributed by atoms with Crippen molar-refractivity contribution in [3.05, 3.63) is 23.8 Å². The lowest BCUT2D eigenvalue weighted by atomic mass is 10.0. The van der Waals surface area contributed by atoms with E-state index >= 15 is 0 Å². The first-order valence-corrected chi connectivity index (χ1v) is 6.85. The Morgan fingerprint density at radius 2 is 2.11 bits per heavy atom. The number of nitrogens with one attached hydrogen (secondary N) is 1. The maximum absolute atomic E-state index is 9.17. The van der Waals surface area contributed by atoms with Crippen molar-refractivity contribution in [3.8, 4) is 11.8 Å². The molecule has 2 rings (SSSR count). The molecule has 1 aromatic carbocycles. The molecule has 1 aromatic rings. The number of nitriles is 1. The average Bonchev–Trinajstić information content (AvgIpc) is 2.64. The third-order valence-electron chi connectivity index (χ3n) is 3.76. The maximum Gasteiger partial charge on any atom is 0.121 e. The van der Waals surface area contributed by atoms with Crippen LogP contribution in [0.1, 0.15) is 37.7 Å². The van der Waals surface area contributed by atoms with Crippen LogP contribution in [0.2, 0.25) is 0 Å². The summed E-state index contributed by atoms with van der Waals surface area (Å²) in [6.07, 6.45) is 5.74. The summed E-state index contributed by atoms with van der Waals surface area (Å²) < 4.78 is 5.21. The van der Waals surface area contributed by atoms with E-state index in [0.717, 1.165) is 24.3 Å². The lowest BCUT2D eigenvalue weighted by molar-refractivity contribution is 0.415. The van der Waals surface area contributed by atoms with Gasteiger partial charge in [0, 0.05) is 18.2 Å². The summed E-state index contributed by atoms with van der Waals surface area (Å²) in [5, 5.41) is 12.6. The van der Waals surface area contributed by atoms with Gasteiger partial charge in [-0.3, -0.25) is 0 Å². The zero-order valence-corrected chi connectivity index (χ0v) is 11.4. The molecule has 4 heteroatoms. The van der Waals surface area contributed by atoms with Gasteiger partial charge in [0.05, 0.1) is 18.4 Å². The van der Waals surface area contributed by atoms with Crippen molar-refractivity contribution in [2.24, 2.45) is 5.73 Å². The van der Waals surface area contributed by atoms with Crippen LogP contribution in [-0.4, -0.2) is 19.2 Å². The first kappa shape index (κ1) is 13.7. The highest BCUT2D eigenvalue weighted by Gasteiger charge is 2.21. The zero-order valence-electron chi connectivity index (χ0n) is 11.4. The second kappa shape index (κ2) is 6.44. The SMILES string of the molecule is COc1ccc(C#N)c(NC2CCCCCC2N)c1. The van der Waals surface area contributed by atoms with Crippen LogP contribution < -0.4 is 15.8 Å². The minimum Gasteiger partial charge on any atom is -0.497 e. The van der Waals surface area contributed by atoms with Crippen LogP contribution in [0, 0.1) is 11.3 Å². The van der Waals surface area contributed by atoms with Crippen molar-refractivity contribution in [3.63, 3.8) is 0 Å². The Morgan fingerprint density at radius 1 is 1.32 bits per heavy atom. The van der Waals surface area contributed by atoms with Gasteiger partial charge in [-0.1, -0.05) is 19.3 Å². The predicted octanol–water partition coefficient (Wildman–Crippen LogP) is 2.64. The number of benzene rings is 1. The fourth-order valence-electron chi connectivity index (χ4n) is 2.58. The Kier molecular flexibility index (Phi) is 4.64. The molecule has 0 spiro atoms. The Hall–Kier alpha value is -1.73. The largest absolute Gasteiger partial charge is 0.497 e. The fourth-order valence-corrected chi connectivity index (χ4v) is 2.58. The fraction of sp³-hybridized carbons (Fsp3) is 0.533. The molecule has 1 fully saturated rings. The summed E-state index contributed by atoms with van der Waals surface area (Å²) in [5.74, 6) is 0.753. The van der Waals surface area contributed by atoms with Crippen molar-refractivity contribution < 1.29 is 4.74 Å². The van der Waals surface area contributed by atoms with E-state index in [0.29, 0.717) is 5.56 Å². The molecular weight excluding hydrogens is 238 g/mol. The standard InChI is InChI=1S/C15H21N3O/c1-19-12-8-7-11(10-16)15(9-12)18-14-6-4-2-3-5-13(14)17/h7-9,13-14,18H,2-6,17H2,1H3. The van der Waals surface area contributed by atoms with E-state index in [1.165, 1.54) is 19.3 Å². The molecule has 2 atom stereocenters. The van der Waals surface area contributed by atoms with Crippen molar-refractivity contribution >= 4 is 5.69 Å². The van der Waals surface area contributed by atoms with E-state index in [-0.39, 0.29) is 12.1 Å². The summed E-state index contributed by atoms with van der Waals surface area (Å²) in [6, 6.07) is 8.05. The van der Waals surface area contributed by atoms with Crippen molar-refractivity contribution in [2.75, 3.05) is 12.4 Å². The molecular formula is C15H21N3O. The molecule has 0 radical (unpaired) electrons. The third kappa shape index (κ3) is 3.39. The third-order valence-corrected chi connectivity index (χ3v) is 3.76. The molecule has 2 unspecified atom stereocenters. The number of methoxy groups -OCH3 is 1. The quantitative estimate of drug-likeness (QED) is 0.819. The van der Waals surface area contributed by atoms with Gasteiger partial charge in [0.2, 0.25) is 0 Å². The first-order valence-electron chi connectivity index (χ1n) is 6.85. The minimum absolute atomic E-state index is 0.153. The number of hydrogen-bond donors (Lipinski definition) is 2. The van der Waals surface area contributed by atoms with Gasteiger partial charge in [0.15, 0.2) is 0 Å². The molecule has 0 bridgehead atoms. The van der Waals surface area contributed by atoms with Gasteiger partial charge in [0.1, 0.15) is 11.8 Å². The van der Waals surface area contributed by atoms with Crippen LogP contribution in [-0.2, 0) is 0 Å². The second-order valence-corrected chi connectivity index (χ2v) is 5.08. The highest BCUT2D eigenvalue weighted by molar-refractivity contribution is 5.61. The molecule has 0 heterocycles. The Balaban J connectivity index is 2.18. The Morgan fingerprint density at radius 3 is 2.84 bits per heavy atom. The van der Waals surface area contributed by atoms with Gasteiger partial charge in [-0.15, -0.1) is 0 Å². The lowest BCUT2D eigenvalue weighted by Crippen LogP contribution is -2.39. The monoisotopic (exact) mass is 259 g/mol. The van der Waals surface area contributed by atoms with Crippen LogP contribution >= 0.6 is 0 Å². The van der Waals surface area contributed by atoms with Crippen LogP contribution in [0.3, 0.4) is 0 Å². The Labute approximate surface area is 114 Å². The van der Waals surface area contributed by atoms with Gasteiger partial charge in [-0.2, -0.15) is 5.26 Å². The molecule has 102 valence electrons. The van der Waals surface area contributed by atoms with E-state index in [4.69, 9.17) is 10.5 Å². The molecule has 3 N–H and O–H groups in total. The molecule has 0 aliphatic heterocycles. The normalized spacial score (nSPS) is 23.2. The molecule has 1 aliphatic carbocycles. The molecule has 0 saturated heterocycles. The van der Waals surface area contributed by atoms with E-state index in [2.05, 4.69) is 11.4 Å². The smallest absolute Gasteiger partial charge is 0.121 e. The number of rotatable bonds is 3. The van der Waals surface area contributed by atoms with Crippen LogP contribution in [0.4, 0.5) is 5.69 Å². The summed E-state index contributed by atoms with van der Waals surface area (Å²) in [4.78, 5) is 0. The van der Waals surface area contributed by atoms with E-state index in [1.807, 2.05) is 6.07 Å². The molecule has 19 heavy (non-hydrogen) atoms. The number of nitrogens with two attached hydrogens (primary N) is 1. The Bertz CT molecular complexity index is 467. The van der Waals surface area contributed by atoms with Gasteiger partial charge in [-0.25, -0.2) is 0 Å². The highest BCUT2D eigenvalue weighted by atomic mass is 16.5. The van der Waals surface area contributed by atoms with Crippen LogP contribution in [0.15, 0.2) is 18.2 Å². The molecule has 0 aromatic heterocycles. The number of anilines is 1.